The maximum atomic E-state index is 11.9. The van der Waals surface area contributed by atoms with E-state index in [-0.39, 0.29) is 5.91 Å². The highest BCUT2D eigenvalue weighted by molar-refractivity contribution is 5.84. The first-order valence-corrected chi connectivity index (χ1v) is 7.54. The Labute approximate surface area is 134 Å². The summed E-state index contributed by atoms with van der Waals surface area (Å²) in [5.74, 6) is -0.228. The Hall–Kier alpha value is -2.60. The Bertz CT molecular complexity index is 688. The monoisotopic (exact) mass is 315 g/mol. The van der Waals surface area contributed by atoms with Gasteiger partial charge in [0.1, 0.15) is 0 Å². The summed E-state index contributed by atoms with van der Waals surface area (Å²) < 4.78 is 0. The van der Waals surface area contributed by atoms with Crippen molar-refractivity contribution in [2.45, 2.75) is 18.9 Å². The Morgan fingerprint density at radius 2 is 1.74 bits per heavy atom. The van der Waals surface area contributed by atoms with Gasteiger partial charge in [0.15, 0.2) is 0 Å². The van der Waals surface area contributed by atoms with E-state index in [4.69, 9.17) is 10.8 Å². The fourth-order valence-electron chi connectivity index (χ4n) is 2.34. The molecular weight excluding hydrogens is 294 g/mol. The van der Waals surface area contributed by atoms with Gasteiger partial charge in [-0.2, -0.15) is 0 Å². The molecule has 2 aromatic rings. The van der Waals surface area contributed by atoms with Gasteiger partial charge in [0.25, 0.3) is 0 Å². The zero-order chi connectivity index (χ0) is 16.7. The summed E-state index contributed by atoms with van der Waals surface area (Å²) in [5, 5.41) is 15.7. The van der Waals surface area contributed by atoms with Gasteiger partial charge >= 0.3 is 6.09 Å². The molecule has 0 heterocycles. The van der Waals surface area contributed by atoms with Crippen LogP contribution in [0.3, 0.4) is 0 Å². The van der Waals surface area contributed by atoms with Crippen molar-refractivity contribution in [1.29, 1.82) is 0 Å². The van der Waals surface area contributed by atoms with E-state index in [1.165, 1.54) is 0 Å². The summed E-state index contributed by atoms with van der Waals surface area (Å²) in [4.78, 5) is 22.2. The van der Waals surface area contributed by atoms with Gasteiger partial charge in [0, 0.05) is 13.1 Å². The van der Waals surface area contributed by atoms with Gasteiger partial charge in [-0.25, -0.2) is 4.79 Å². The van der Waals surface area contributed by atoms with Crippen LogP contribution in [0.4, 0.5) is 4.79 Å². The minimum Gasteiger partial charge on any atom is -0.465 e. The predicted octanol–water partition coefficient (Wildman–Crippen LogP) is 1.48. The summed E-state index contributed by atoms with van der Waals surface area (Å²) in [6, 6.07) is 13.4. The minimum absolute atomic E-state index is 0.228. The van der Waals surface area contributed by atoms with Crippen molar-refractivity contribution in [3.63, 3.8) is 0 Å². The molecule has 0 saturated carbocycles. The number of carbonyl (C=O) groups excluding carboxylic acids is 1. The lowest BCUT2D eigenvalue weighted by Crippen LogP contribution is -2.42. The molecule has 1 unspecified atom stereocenters. The summed E-state index contributed by atoms with van der Waals surface area (Å²) in [5.41, 5.74) is 6.95. The van der Waals surface area contributed by atoms with E-state index >= 15 is 0 Å². The number of hydrogen-bond acceptors (Lipinski definition) is 3. The molecule has 2 rings (SSSR count). The van der Waals surface area contributed by atoms with Crippen LogP contribution in [0, 0.1) is 0 Å². The molecule has 0 radical (unpaired) electrons. The van der Waals surface area contributed by atoms with E-state index in [2.05, 4.69) is 10.6 Å². The van der Waals surface area contributed by atoms with E-state index in [9.17, 15) is 9.59 Å². The molecule has 0 aliphatic carbocycles. The van der Waals surface area contributed by atoms with E-state index < -0.39 is 12.1 Å². The van der Waals surface area contributed by atoms with Crippen LogP contribution in [0.1, 0.15) is 12.0 Å². The number of nitrogens with one attached hydrogen (secondary N) is 2. The lowest BCUT2D eigenvalue weighted by Gasteiger charge is -2.13. The van der Waals surface area contributed by atoms with Crippen molar-refractivity contribution in [2.75, 3.05) is 13.1 Å². The fraction of sp³-hybridized carbons (Fsp3) is 0.294. The van der Waals surface area contributed by atoms with Gasteiger partial charge in [-0.05, 0) is 29.2 Å². The SMILES string of the molecule is NC(Cc1ccc2ccccc2c1)C(=O)NCCCNC(=O)O. The topological polar surface area (TPSA) is 104 Å². The fourth-order valence-corrected chi connectivity index (χ4v) is 2.34. The average molecular weight is 315 g/mol. The van der Waals surface area contributed by atoms with Crippen molar-refractivity contribution in [2.24, 2.45) is 5.73 Å². The van der Waals surface area contributed by atoms with E-state index in [0.29, 0.717) is 25.9 Å². The third-order valence-electron chi connectivity index (χ3n) is 3.54. The molecule has 122 valence electrons. The van der Waals surface area contributed by atoms with Crippen LogP contribution in [0.2, 0.25) is 0 Å². The van der Waals surface area contributed by atoms with Crippen LogP contribution in [0.5, 0.6) is 0 Å². The Balaban J connectivity index is 1.81. The normalized spacial score (nSPS) is 11.9. The number of rotatable bonds is 7. The first-order valence-electron chi connectivity index (χ1n) is 7.54. The number of carbonyl (C=O) groups is 2. The highest BCUT2D eigenvalue weighted by Crippen LogP contribution is 2.16. The van der Waals surface area contributed by atoms with Crippen LogP contribution in [0.15, 0.2) is 42.5 Å². The van der Waals surface area contributed by atoms with Crippen molar-refractivity contribution in [1.82, 2.24) is 10.6 Å². The average Bonchev–Trinajstić information content (AvgIpc) is 2.54. The van der Waals surface area contributed by atoms with Crippen LogP contribution >= 0.6 is 0 Å². The molecule has 1 atom stereocenters. The van der Waals surface area contributed by atoms with Crippen LogP contribution in [-0.2, 0) is 11.2 Å². The zero-order valence-electron chi connectivity index (χ0n) is 12.8. The third-order valence-corrected chi connectivity index (χ3v) is 3.54. The van der Waals surface area contributed by atoms with E-state index in [1.54, 1.807) is 0 Å². The maximum Gasteiger partial charge on any atom is 0.404 e. The van der Waals surface area contributed by atoms with Gasteiger partial charge in [-0.1, -0.05) is 42.5 Å². The summed E-state index contributed by atoms with van der Waals surface area (Å²) in [6.45, 7) is 0.695. The van der Waals surface area contributed by atoms with Crippen LogP contribution < -0.4 is 16.4 Å². The Kier molecular flexibility index (Phi) is 5.94. The minimum atomic E-state index is -1.07. The lowest BCUT2D eigenvalue weighted by molar-refractivity contribution is -0.122. The molecule has 6 nitrogen and oxygen atoms in total. The predicted molar refractivity (Wildman–Crippen MR) is 89.3 cm³/mol. The molecule has 23 heavy (non-hydrogen) atoms. The molecule has 5 N–H and O–H groups in total. The summed E-state index contributed by atoms with van der Waals surface area (Å²) in [7, 11) is 0. The molecule has 0 aromatic heterocycles. The smallest absolute Gasteiger partial charge is 0.404 e. The molecule has 0 aliphatic rings. The number of nitrogens with two attached hydrogens (primary N) is 1. The number of hydrogen-bond donors (Lipinski definition) is 4. The second-order valence-electron chi connectivity index (χ2n) is 5.37. The second kappa shape index (κ2) is 8.14. The molecule has 6 heteroatoms. The molecular formula is C17H21N3O3. The Morgan fingerprint density at radius 1 is 1.04 bits per heavy atom. The molecule has 0 saturated heterocycles. The summed E-state index contributed by atoms with van der Waals surface area (Å²) in [6.07, 6.45) is -0.0746. The maximum absolute atomic E-state index is 11.9. The van der Waals surface area contributed by atoms with Gasteiger partial charge in [0.2, 0.25) is 5.91 Å². The van der Waals surface area contributed by atoms with E-state index in [0.717, 1.165) is 16.3 Å². The van der Waals surface area contributed by atoms with Crippen molar-refractivity contribution in [3.05, 3.63) is 48.0 Å². The first-order chi connectivity index (χ1) is 11.1. The number of carboxylic acid groups (broad SMARTS) is 1. The summed E-state index contributed by atoms with van der Waals surface area (Å²) >= 11 is 0. The standard InChI is InChI=1S/C17H21N3O3/c18-15(16(21)19-8-3-9-20-17(22)23)11-12-6-7-13-4-1-2-5-14(13)10-12/h1-2,4-7,10,15,20H,3,8-9,11,18H2,(H,19,21)(H,22,23). The highest BCUT2D eigenvalue weighted by Gasteiger charge is 2.13. The third kappa shape index (κ3) is 5.27. The number of benzene rings is 2. The van der Waals surface area contributed by atoms with E-state index in [1.807, 2.05) is 42.5 Å². The Morgan fingerprint density at radius 3 is 2.48 bits per heavy atom. The molecule has 2 aromatic carbocycles. The number of fused-ring (bicyclic) bond motifs is 1. The first kappa shape index (κ1) is 16.8. The van der Waals surface area contributed by atoms with Gasteiger partial charge in [-0.3, -0.25) is 4.79 Å². The van der Waals surface area contributed by atoms with Gasteiger partial charge in [-0.15, -0.1) is 0 Å². The van der Waals surface area contributed by atoms with Crippen molar-refractivity contribution in [3.8, 4) is 0 Å². The highest BCUT2D eigenvalue weighted by atomic mass is 16.4. The van der Waals surface area contributed by atoms with Crippen molar-refractivity contribution < 1.29 is 14.7 Å². The zero-order valence-corrected chi connectivity index (χ0v) is 12.8. The van der Waals surface area contributed by atoms with Gasteiger partial charge in [0.05, 0.1) is 6.04 Å². The van der Waals surface area contributed by atoms with Crippen molar-refractivity contribution >= 4 is 22.8 Å². The second-order valence-corrected chi connectivity index (χ2v) is 5.37. The van der Waals surface area contributed by atoms with Crippen LogP contribution in [-0.4, -0.2) is 36.2 Å². The number of amides is 2. The molecule has 2 amide bonds. The molecule has 0 bridgehead atoms. The van der Waals surface area contributed by atoms with Gasteiger partial charge < -0.3 is 21.5 Å². The van der Waals surface area contributed by atoms with Crippen LogP contribution in [0.25, 0.3) is 10.8 Å². The molecule has 0 fully saturated rings. The molecule has 0 aliphatic heterocycles. The quantitative estimate of drug-likeness (QED) is 0.581. The largest absolute Gasteiger partial charge is 0.465 e. The lowest BCUT2D eigenvalue weighted by atomic mass is 10.0. The molecule has 0 spiro atoms.